The van der Waals surface area contributed by atoms with Gasteiger partial charge >= 0.3 is 5.69 Å². The first-order valence-corrected chi connectivity index (χ1v) is 13.7. The van der Waals surface area contributed by atoms with Gasteiger partial charge in [-0.2, -0.15) is 0 Å². The van der Waals surface area contributed by atoms with Gasteiger partial charge in [-0.3, -0.25) is 18.7 Å². The molecule has 4 rings (SSSR count). The van der Waals surface area contributed by atoms with Crippen molar-refractivity contribution in [1.29, 1.82) is 0 Å². The predicted octanol–water partition coefficient (Wildman–Crippen LogP) is 3.26. The van der Waals surface area contributed by atoms with E-state index in [9.17, 15) is 22.8 Å². The number of hydrogen-bond donors (Lipinski definition) is 0. The molecule has 1 aliphatic heterocycles. The average Bonchev–Trinajstić information content (AvgIpc) is 3.18. The summed E-state index contributed by atoms with van der Waals surface area (Å²) in [6.07, 6.45) is 0. The fraction of sp³-hybridized carbons (Fsp3) is 0.409. The molecule has 8 nitrogen and oxygen atoms in total. The minimum Gasteiger partial charge on any atom is -0.284 e. The van der Waals surface area contributed by atoms with Crippen molar-refractivity contribution in [2.45, 2.75) is 55.8 Å². The summed E-state index contributed by atoms with van der Waals surface area (Å²) in [6, 6.07) is 6.14. The standard InChI is InChI=1S/C22H25N3O5S3/c1-12(2)10-24-21-17(20(27)23(5)22(24)28)18(31-13(3)4)15(32-21)11-25-19(26)14-8-6-7-9-16(14)33(25,29)30/h6-9,12-13H,10-11H2,1-5H3. The third kappa shape index (κ3) is 3.85. The van der Waals surface area contributed by atoms with Crippen molar-refractivity contribution in [2.24, 2.45) is 13.0 Å². The molecular weight excluding hydrogens is 482 g/mol. The van der Waals surface area contributed by atoms with Gasteiger partial charge in [0.2, 0.25) is 0 Å². The molecule has 3 aromatic rings. The lowest BCUT2D eigenvalue weighted by Gasteiger charge is -2.15. The lowest BCUT2D eigenvalue weighted by atomic mass is 10.2. The van der Waals surface area contributed by atoms with Crippen molar-refractivity contribution in [2.75, 3.05) is 0 Å². The van der Waals surface area contributed by atoms with Gasteiger partial charge in [-0.05, 0) is 18.1 Å². The van der Waals surface area contributed by atoms with Gasteiger partial charge in [-0.15, -0.1) is 23.1 Å². The summed E-state index contributed by atoms with van der Waals surface area (Å²) >= 11 is 2.65. The van der Waals surface area contributed by atoms with E-state index in [4.69, 9.17) is 0 Å². The average molecular weight is 508 g/mol. The summed E-state index contributed by atoms with van der Waals surface area (Å²) < 4.78 is 29.8. The van der Waals surface area contributed by atoms with Crippen LogP contribution in [-0.2, 0) is 30.2 Å². The molecule has 0 bridgehead atoms. The van der Waals surface area contributed by atoms with Gasteiger partial charge in [-0.25, -0.2) is 17.5 Å². The van der Waals surface area contributed by atoms with Gasteiger partial charge in [0.15, 0.2) is 0 Å². The maximum absolute atomic E-state index is 13.2. The summed E-state index contributed by atoms with van der Waals surface area (Å²) in [6.45, 7) is 8.13. The van der Waals surface area contributed by atoms with E-state index in [1.807, 2.05) is 27.7 Å². The van der Waals surface area contributed by atoms with Crippen molar-refractivity contribution >= 4 is 49.2 Å². The number of thioether (sulfide) groups is 1. The monoisotopic (exact) mass is 507 g/mol. The number of amides is 1. The van der Waals surface area contributed by atoms with E-state index in [-0.39, 0.29) is 28.2 Å². The smallest absolute Gasteiger partial charge is 0.284 e. The number of aromatic nitrogens is 2. The zero-order valence-electron chi connectivity index (χ0n) is 19.0. The summed E-state index contributed by atoms with van der Waals surface area (Å²) in [7, 11) is -2.55. The highest BCUT2D eigenvalue weighted by Crippen LogP contribution is 2.41. The maximum Gasteiger partial charge on any atom is 0.331 e. The molecule has 1 amide bonds. The van der Waals surface area contributed by atoms with E-state index in [0.717, 1.165) is 8.87 Å². The number of rotatable bonds is 6. The Morgan fingerprint density at radius 1 is 1.06 bits per heavy atom. The van der Waals surface area contributed by atoms with E-state index in [1.165, 1.54) is 42.3 Å². The van der Waals surface area contributed by atoms with Crippen LogP contribution in [0, 0.1) is 5.92 Å². The molecule has 0 fully saturated rings. The van der Waals surface area contributed by atoms with Crippen LogP contribution in [0.25, 0.3) is 10.2 Å². The van der Waals surface area contributed by atoms with Crippen LogP contribution >= 0.6 is 23.1 Å². The molecule has 33 heavy (non-hydrogen) atoms. The second-order valence-corrected chi connectivity index (χ2v) is 13.2. The number of sulfonamides is 1. The first kappa shape index (κ1) is 23.8. The zero-order valence-corrected chi connectivity index (χ0v) is 21.4. The van der Waals surface area contributed by atoms with Crippen LogP contribution in [0.3, 0.4) is 0 Å². The Morgan fingerprint density at radius 2 is 1.73 bits per heavy atom. The summed E-state index contributed by atoms with van der Waals surface area (Å²) in [5.74, 6) is -0.429. The van der Waals surface area contributed by atoms with Crippen LogP contribution in [0.4, 0.5) is 0 Å². The van der Waals surface area contributed by atoms with E-state index in [0.29, 0.717) is 26.5 Å². The highest BCUT2D eigenvalue weighted by atomic mass is 32.2. The zero-order chi connectivity index (χ0) is 24.2. The number of fused-ring (bicyclic) bond motifs is 2. The Bertz CT molecular complexity index is 1500. The van der Waals surface area contributed by atoms with Crippen LogP contribution in [0.2, 0.25) is 0 Å². The van der Waals surface area contributed by atoms with Gasteiger partial charge in [0.05, 0.1) is 17.5 Å². The summed E-state index contributed by atoms with van der Waals surface area (Å²) in [5.41, 5.74) is -0.684. The molecule has 0 saturated carbocycles. The quantitative estimate of drug-likeness (QED) is 0.475. The van der Waals surface area contributed by atoms with E-state index < -0.39 is 27.2 Å². The van der Waals surface area contributed by atoms with Crippen LogP contribution < -0.4 is 11.2 Å². The predicted molar refractivity (Wildman–Crippen MR) is 131 cm³/mol. The summed E-state index contributed by atoms with van der Waals surface area (Å²) in [5, 5.41) is 0.498. The number of carbonyl (C=O) groups excluding carboxylic acids is 1. The molecule has 0 unspecified atom stereocenters. The van der Waals surface area contributed by atoms with E-state index >= 15 is 0 Å². The number of carbonyl (C=O) groups is 1. The van der Waals surface area contributed by atoms with Crippen LogP contribution in [-0.4, -0.2) is 33.0 Å². The normalized spacial score (nSPS) is 15.2. The Hall–Kier alpha value is -2.37. The molecule has 0 aliphatic carbocycles. The Morgan fingerprint density at radius 3 is 2.33 bits per heavy atom. The van der Waals surface area contributed by atoms with Crippen LogP contribution in [0.15, 0.2) is 43.6 Å². The van der Waals surface area contributed by atoms with Crippen molar-refractivity contribution in [1.82, 2.24) is 13.4 Å². The van der Waals surface area contributed by atoms with Crippen LogP contribution in [0.1, 0.15) is 42.9 Å². The fourth-order valence-electron chi connectivity index (χ4n) is 3.86. The minimum atomic E-state index is -4.00. The number of hydrogen-bond acceptors (Lipinski definition) is 7. The fourth-order valence-corrected chi connectivity index (χ4v) is 7.96. The number of nitrogens with zero attached hydrogens (tertiary/aromatic N) is 3. The second kappa shape index (κ2) is 8.44. The van der Waals surface area contributed by atoms with Crippen LogP contribution in [0.5, 0.6) is 0 Å². The van der Waals surface area contributed by atoms with Gasteiger partial charge in [0.25, 0.3) is 21.5 Å². The molecule has 2 aromatic heterocycles. The largest absolute Gasteiger partial charge is 0.331 e. The molecule has 1 aliphatic rings. The molecule has 11 heteroatoms. The van der Waals surface area contributed by atoms with E-state index in [1.54, 1.807) is 16.7 Å². The van der Waals surface area contributed by atoms with Gasteiger partial charge in [0, 0.05) is 28.6 Å². The Kier molecular flexibility index (Phi) is 6.08. The second-order valence-electron chi connectivity index (χ2n) is 8.67. The maximum atomic E-state index is 13.2. The van der Waals surface area contributed by atoms with Gasteiger partial charge in [-0.1, -0.05) is 39.8 Å². The molecular formula is C22H25N3O5S3. The molecule has 0 spiro atoms. The molecule has 3 heterocycles. The van der Waals surface area contributed by atoms with E-state index in [2.05, 4.69) is 0 Å². The lowest BCUT2D eigenvalue weighted by molar-refractivity contribution is 0.0865. The number of benzene rings is 1. The van der Waals surface area contributed by atoms with Crippen molar-refractivity contribution in [3.63, 3.8) is 0 Å². The van der Waals surface area contributed by atoms with Crippen molar-refractivity contribution in [3.05, 3.63) is 55.5 Å². The molecule has 0 atom stereocenters. The Balaban J connectivity index is 1.95. The van der Waals surface area contributed by atoms with Crippen molar-refractivity contribution < 1.29 is 13.2 Å². The summed E-state index contributed by atoms with van der Waals surface area (Å²) in [4.78, 5) is 40.7. The topological polar surface area (TPSA) is 98.4 Å². The Labute approximate surface area is 199 Å². The highest BCUT2D eigenvalue weighted by molar-refractivity contribution is 8.00. The lowest BCUT2D eigenvalue weighted by Crippen LogP contribution is -2.38. The number of thiophene rings is 1. The SMILES string of the molecule is CC(C)Cn1c(=O)n(C)c(=O)c2c(SC(C)C)c(CN3C(=O)c4ccccc4S3(=O)=O)sc21. The third-order valence-corrected chi connectivity index (χ3v) is 9.57. The van der Waals surface area contributed by atoms with Crippen molar-refractivity contribution in [3.8, 4) is 0 Å². The molecule has 0 N–H and O–H groups in total. The molecule has 1 aromatic carbocycles. The molecule has 0 radical (unpaired) electrons. The third-order valence-electron chi connectivity index (χ3n) is 5.30. The van der Waals surface area contributed by atoms with Gasteiger partial charge < -0.3 is 0 Å². The van der Waals surface area contributed by atoms with Gasteiger partial charge in [0.1, 0.15) is 9.73 Å². The molecule has 0 saturated heterocycles. The molecule has 176 valence electrons. The highest BCUT2D eigenvalue weighted by Gasteiger charge is 2.41. The first-order chi connectivity index (χ1) is 15.4. The minimum absolute atomic E-state index is 0.0122. The first-order valence-electron chi connectivity index (χ1n) is 10.5.